The number of aromatic nitrogens is 1. The summed E-state index contributed by atoms with van der Waals surface area (Å²) in [6.07, 6.45) is 5.53. The van der Waals surface area contributed by atoms with E-state index in [2.05, 4.69) is 11.1 Å². The number of hydrogen-bond acceptors (Lipinski definition) is 3. The molecule has 1 fully saturated rings. The molecule has 3 heteroatoms. The van der Waals surface area contributed by atoms with Crippen LogP contribution in [0.4, 0.5) is 0 Å². The third kappa shape index (κ3) is 2.08. The average molecular weight is 204 g/mol. The van der Waals surface area contributed by atoms with E-state index in [0.717, 1.165) is 5.69 Å². The number of nitriles is 1. The van der Waals surface area contributed by atoms with Gasteiger partial charge in [0.05, 0.1) is 11.3 Å². The molecule has 0 aromatic carbocycles. The lowest BCUT2D eigenvalue weighted by Crippen LogP contribution is -2.03. The number of hydrogen-bond donors (Lipinski definition) is 0. The van der Waals surface area contributed by atoms with Crippen molar-refractivity contribution in [2.75, 3.05) is 5.75 Å². The average Bonchev–Trinajstić information content (AvgIpc) is 2.30. The molecule has 0 amide bonds. The SMILES string of the molecule is N#Cc1ccc(C2CCCCS2)nc1. The molecule has 0 aliphatic carbocycles. The molecule has 72 valence electrons. The third-order valence-corrected chi connectivity index (χ3v) is 3.83. The lowest BCUT2D eigenvalue weighted by Gasteiger charge is -2.20. The Kier molecular flexibility index (Phi) is 3.05. The Hall–Kier alpha value is -1.01. The largest absolute Gasteiger partial charge is 0.259 e. The van der Waals surface area contributed by atoms with E-state index in [1.807, 2.05) is 23.9 Å². The Morgan fingerprint density at radius 2 is 2.36 bits per heavy atom. The van der Waals surface area contributed by atoms with Crippen LogP contribution < -0.4 is 0 Å². The van der Waals surface area contributed by atoms with Gasteiger partial charge in [-0.2, -0.15) is 17.0 Å². The summed E-state index contributed by atoms with van der Waals surface area (Å²) in [6, 6.07) is 5.93. The van der Waals surface area contributed by atoms with Crippen LogP contribution in [-0.4, -0.2) is 10.7 Å². The van der Waals surface area contributed by atoms with Crippen LogP contribution in [0, 0.1) is 11.3 Å². The fourth-order valence-corrected chi connectivity index (χ4v) is 2.93. The van der Waals surface area contributed by atoms with Gasteiger partial charge < -0.3 is 0 Å². The Morgan fingerprint density at radius 1 is 1.43 bits per heavy atom. The van der Waals surface area contributed by atoms with Crippen LogP contribution in [0.15, 0.2) is 18.3 Å². The van der Waals surface area contributed by atoms with E-state index in [9.17, 15) is 0 Å². The van der Waals surface area contributed by atoms with Crippen LogP contribution in [0.25, 0.3) is 0 Å². The highest BCUT2D eigenvalue weighted by molar-refractivity contribution is 7.99. The van der Waals surface area contributed by atoms with Crippen LogP contribution >= 0.6 is 11.8 Å². The second-order valence-corrected chi connectivity index (χ2v) is 4.75. The summed E-state index contributed by atoms with van der Waals surface area (Å²) in [5, 5.41) is 9.20. The van der Waals surface area contributed by atoms with Gasteiger partial charge in [0.2, 0.25) is 0 Å². The monoisotopic (exact) mass is 204 g/mol. The molecule has 1 atom stereocenters. The van der Waals surface area contributed by atoms with E-state index in [4.69, 9.17) is 5.26 Å². The molecule has 1 aliphatic heterocycles. The number of pyridine rings is 1. The first-order valence-corrected chi connectivity index (χ1v) is 5.92. The van der Waals surface area contributed by atoms with Gasteiger partial charge >= 0.3 is 0 Å². The fraction of sp³-hybridized carbons (Fsp3) is 0.455. The number of thioether (sulfide) groups is 1. The lowest BCUT2D eigenvalue weighted by molar-refractivity contribution is 0.676. The van der Waals surface area contributed by atoms with Crippen LogP contribution in [0.1, 0.15) is 35.8 Å². The van der Waals surface area contributed by atoms with Gasteiger partial charge in [0.1, 0.15) is 6.07 Å². The topological polar surface area (TPSA) is 36.7 Å². The van der Waals surface area contributed by atoms with Gasteiger partial charge in [-0.05, 0) is 30.7 Å². The highest BCUT2D eigenvalue weighted by Crippen LogP contribution is 2.37. The van der Waals surface area contributed by atoms with Crippen LogP contribution in [0.5, 0.6) is 0 Å². The Bertz CT molecular complexity index is 333. The molecule has 1 aromatic rings. The summed E-state index contributed by atoms with van der Waals surface area (Å²) < 4.78 is 0. The molecule has 1 saturated heterocycles. The maximum Gasteiger partial charge on any atom is 0.101 e. The van der Waals surface area contributed by atoms with Crippen molar-refractivity contribution >= 4 is 11.8 Å². The number of nitrogens with zero attached hydrogens (tertiary/aromatic N) is 2. The van der Waals surface area contributed by atoms with E-state index in [1.54, 1.807) is 6.20 Å². The van der Waals surface area contributed by atoms with Crippen molar-refractivity contribution in [3.05, 3.63) is 29.6 Å². The number of rotatable bonds is 1. The fourth-order valence-electron chi connectivity index (χ4n) is 1.64. The van der Waals surface area contributed by atoms with E-state index >= 15 is 0 Å². The predicted octanol–water partition coefficient (Wildman–Crippen LogP) is 2.91. The molecule has 0 spiro atoms. The second-order valence-electron chi connectivity index (χ2n) is 3.44. The van der Waals surface area contributed by atoms with Crippen molar-refractivity contribution in [3.63, 3.8) is 0 Å². The predicted molar refractivity (Wildman–Crippen MR) is 58.0 cm³/mol. The Morgan fingerprint density at radius 3 is 2.93 bits per heavy atom. The van der Waals surface area contributed by atoms with Crippen molar-refractivity contribution in [3.8, 4) is 6.07 Å². The minimum Gasteiger partial charge on any atom is -0.259 e. The van der Waals surface area contributed by atoms with Gasteiger partial charge in [-0.25, -0.2) is 0 Å². The summed E-state index contributed by atoms with van der Waals surface area (Å²) in [4.78, 5) is 4.33. The van der Waals surface area contributed by atoms with Crippen LogP contribution in [0.3, 0.4) is 0 Å². The van der Waals surface area contributed by atoms with E-state index in [1.165, 1.54) is 25.0 Å². The molecule has 0 N–H and O–H groups in total. The quantitative estimate of drug-likeness (QED) is 0.705. The van der Waals surface area contributed by atoms with Crippen molar-refractivity contribution < 1.29 is 0 Å². The van der Waals surface area contributed by atoms with Gasteiger partial charge in [0.15, 0.2) is 0 Å². The van der Waals surface area contributed by atoms with Crippen molar-refractivity contribution in [2.24, 2.45) is 0 Å². The maximum absolute atomic E-state index is 8.64. The highest BCUT2D eigenvalue weighted by Gasteiger charge is 2.16. The minimum absolute atomic E-state index is 0.552. The van der Waals surface area contributed by atoms with Gasteiger partial charge in [0.25, 0.3) is 0 Å². The zero-order valence-corrected chi connectivity index (χ0v) is 8.76. The summed E-state index contributed by atoms with van der Waals surface area (Å²) in [7, 11) is 0. The minimum atomic E-state index is 0.552. The molecular formula is C11H12N2S. The van der Waals surface area contributed by atoms with Gasteiger partial charge in [-0.15, -0.1) is 0 Å². The molecule has 2 rings (SSSR count). The molecule has 1 aromatic heterocycles. The first-order chi connectivity index (χ1) is 6.90. The zero-order chi connectivity index (χ0) is 9.80. The Balaban J connectivity index is 2.12. The smallest absolute Gasteiger partial charge is 0.101 e. The molecular weight excluding hydrogens is 192 g/mol. The molecule has 2 nitrogen and oxygen atoms in total. The molecule has 0 radical (unpaired) electrons. The molecule has 1 unspecified atom stereocenters. The van der Waals surface area contributed by atoms with Gasteiger partial charge in [0, 0.05) is 11.4 Å². The van der Waals surface area contributed by atoms with Crippen molar-refractivity contribution in [1.29, 1.82) is 5.26 Å². The van der Waals surface area contributed by atoms with Gasteiger partial charge in [-0.3, -0.25) is 4.98 Å². The van der Waals surface area contributed by atoms with Crippen molar-refractivity contribution in [2.45, 2.75) is 24.5 Å². The normalized spacial score (nSPS) is 21.5. The van der Waals surface area contributed by atoms with E-state index < -0.39 is 0 Å². The van der Waals surface area contributed by atoms with E-state index in [0.29, 0.717) is 10.8 Å². The van der Waals surface area contributed by atoms with Crippen LogP contribution in [0.2, 0.25) is 0 Å². The summed E-state index contributed by atoms with van der Waals surface area (Å²) in [5.74, 6) is 1.24. The molecule has 2 heterocycles. The van der Waals surface area contributed by atoms with Gasteiger partial charge in [-0.1, -0.05) is 6.42 Å². The highest BCUT2D eigenvalue weighted by atomic mass is 32.2. The second kappa shape index (κ2) is 4.47. The molecule has 0 saturated carbocycles. The summed E-state index contributed by atoms with van der Waals surface area (Å²) in [6.45, 7) is 0. The van der Waals surface area contributed by atoms with Crippen molar-refractivity contribution in [1.82, 2.24) is 4.98 Å². The summed E-state index contributed by atoms with van der Waals surface area (Å²) in [5.41, 5.74) is 1.78. The van der Waals surface area contributed by atoms with Crippen LogP contribution in [-0.2, 0) is 0 Å². The first-order valence-electron chi connectivity index (χ1n) is 4.88. The lowest BCUT2D eigenvalue weighted by atomic mass is 10.1. The van der Waals surface area contributed by atoms with E-state index in [-0.39, 0.29) is 0 Å². The summed E-state index contributed by atoms with van der Waals surface area (Å²) >= 11 is 1.98. The molecule has 14 heavy (non-hydrogen) atoms. The zero-order valence-electron chi connectivity index (χ0n) is 7.94. The molecule has 1 aliphatic rings. The Labute approximate surface area is 88.4 Å². The first kappa shape index (κ1) is 9.54. The third-order valence-electron chi connectivity index (χ3n) is 2.43. The standard InChI is InChI=1S/C11H12N2S/c12-7-9-4-5-10(13-8-9)11-3-1-2-6-14-11/h4-5,8,11H,1-3,6H2. The maximum atomic E-state index is 8.64. The molecule has 0 bridgehead atoms.